The zero-order valence-electron chi connectivity index (χ0n) is 9.37. The van der Waals surface area contributed by atoms with Crippen LogP contribution in [-0.2, 0) is 14.3 Å². The quantitative estimate of drug-likeness (QED) is 0.573. The second kappa shape index (κ2) is 6.48. The van der Waals surface area contributed by atoms with E-state index < -0.39 is 0 Å². The van der Waals surface area contributed by atoms with E-state index in [2.05, 4.69) is 22.9 Å². The number of carbonyl (C=O) groups excluding carboxylic acids is 1. The third-order valence-electron chi connectivity index (χ3n) is 2.59. The molecule has 0 amide bonds. The molecule has 0 spiro atoms. The third-order valence-corrected chi connectivity index (χ3v) is 3.55. The molecular formula is C11H19BrO3. The molecule has 1 aliphatic carbocycles. The summed E-state index contributed by atoms with van der Waals surface area (Å²) in [6.45, 7) is 5.15. The maximum absolute atomic E-state index is 11.5. The predicted octanol–water partition coefficient (Wildman–Crippen LogP) is 2.52. The van der Waals surface area contributed by atoms with Crippen molar-refractivity contribution >= 4 is 21.9 Å². The first-order chi connectivity index (χ1) is 7.19. The fourth-order valence-corrected chi connectivity index (χ4v) is 2.66. The van der Waals surface area contributed by atoms with Crippen LogP contribution in [0.2, 0.25) is 0 Å². The van der Waals surface area contributed by atoms with Crippen molar-refractivity contribution in [2.75, 3.05) is 13.2 Å². The van der Waals surface area contributed by atoms with Gasteiger partial charge in [0.2, 0.25) is 0 Å². The van der Waals surface area contributed by atoms with Crippen LogP contribution in [0.4, 0.5) is 0 Å². The van der Waals surface area contributed by atoms with Crippen LogP contribution in [0.15, 0.2) is 0 Å². The molecule has 4 heteroatoms. The van der Waals surface area contributed by atoms with Crippen LogP contribution in [0, 0.1) is 5.92 Å². The van der Waals surface area contributed by atoms with Gasteiger partial charge in [-0.3, -0.25) is 4.79 Å². The van der Waals surface area contributed by atoms with Gasteiger partial charge in [0.05, 0.1) is 18.6 Å². The summed E-state index contributed by atoms with van der Waals surface area (Å²) in [7, 11) is 0. The van der Waals surface area contributed by atoms with Crippen molar-refractivity contribution in [2.24, 2.45) is 5.92 Å². The van der Waals surface area contributed by atoms with Gasteiger partial charge in [-0.25, -0.2) is 0 Å². The summed E-state index contributed by atoms with van der Waals surface area (Å²) in [5.74, 6) is -0.0688. The first-order valence-corrected chi connectivity index (χ1v) is 6.52. The Morgan fingerprint density at radius 3 is 2.73 bits per heavy atom. The highest BCUT2D eigenvalue weighted by Crippen LogP contribution is 2.34. The molecule has 3 atom stereocenters. The molecule has 0 N–H and O–H groups in total. The predicted molar refractivity (Wildman–Crippen MR) is 62.1 cm³/mol. The molecule has 0 heterocycles. The van der Waals surface area contributed by atoms with Crippen molar-refractivity contribution in [1.82, 2.24) is 0 Å². The average Bonchev–Trinajstić information content (AvgIpc) is 2.57. The number of alkyl halides is 1. The fourth-order valence-electron chi connectivity index (χ4n) is 1.84. The highest BCUT2D eigenvalue weighted by Gasteiger charge is 2.37. The Balaban J connectivity index is 2.37. The average molecular weight is 279 g/mol. The summed E-state index contributed by atoms with van der Waals surface area (Å²) in [5.41, 5.74) is 0. The number of esters is 1. The summed E-state index contributed by atoms with van der Waals surface area (Å²) < 4.78 is 10.7. The van der Waals surface area contributed by atoms with Gasteiger partial charge in [-0.2, -0.15) is 0 Å². The summed E-state index contributed by atoms with van der Waals surface area (Å²) in [5, 5.41) is 0. The molecule has 1 rings (SSSR count). The fraction of sp³-hybridized carbons (Fsp3) is 0.909. The van der Waals surface area contributed by atoms with Crippen molar-refractivity contribution in [1.29, 1.82) is 0 Å². The minimum absolute atomic E-state index is 0.0104. The van der Waals surface area contributed by atoms with E-state index in [0.717, 1.165) is 25.9 Å². The Kier molecular flexibility index (Phi) is 5.61. The lowest BCUT2D eigenvalue weighted by atomic mass is 10.1. The number of halogens is 1. The van der Waals surface area contributed by atoms with Crippen LogP contribution in [0.5, 0.6) is 0 Å². The van der Waals surface area contributed by atoms with E-state index in [1.807, 2.05) is 6.92 Å². The Morgan fingerprint density at radius 1 is 1.40 bits per heavy atom. The van der Waals surface area contributed by atoms with Gasteiger partial charge in [0.1, 0.15) is 0 Å². The largest absolute Gasteiger partial charge is 0.466 e. The summed E-state index contributed by atoms with van der Waals surface area (Å²) in [6.07, 6.45) is 2.79. The molecule has 3 unspecified atom stereocenters. The molecule has 1 fully saturated rings. The topological polar surface area (TPSA) is 35.5 Å². The number of hydrogen-bond donors (Lipinski definition) is 0. The highest BCUT2D eigenvalue weighted by atomic mass is 79.9. The van der Waals surface area contributed by atoms with Crippen LogP contribution in [0.25, 0.3) is 0 Å². The second-order valence-corrected chi connectivity index (χ2v) is 5.02. The normalized spacial score (nSPS) is 30.5. The van der Waals surface area contributed by atoms with E-state index in [-0.39, 0.29) is 18.0 Å². The van der Waals surface area contributed by atoms with E-state index in [0.29, 0.717) is 11.4 Å². The molecule has 0 aromatic carbocycles. The van der Waals surface area contributed by atoms with Crippen LogP contribution in [0.1, 0.15) is 33.1 Å². The maximum Gasteiger partial charge on any atom is 0.309 e. The van der Waals surface area contributed by atoms with Crippen molar-refractivity contribution in [3.8, 4) is 0 Å². The Hall–Kier alpha value is -0.0900. The minimum atomic E-state index is -0.0791. The van der Waals surface area contributed by atoms with Crippen LogP contribution in [0.3, 0.4) is 0 Å². The molecule has 15 heavy (non-hydrogen) atoms. The molecule has 0 radical (unpaired) electrons. The monoisotopic (exact) mass is 278 g/mol. The van der Waals surface area contributed by atoms with E-state index in [9.17, 15) is 4.79 Å². The van der Waals surface area contributed by atoms with Gasteiger partial charge in [0.25, 0.3) is 0 Å². The summed E-state index contributed by atoms with van der Waals surface area (Å²) >= 11 is 3.56. The lowest BCUT2D eigenvalue weighted by molar-refractivity contribution is -0.148. The van der Waals surface area contributed by atoms with Gasteiger partial charge in [-0.15, -0.1) is 0 Å². The lowest BCUT2D eigenvalue weighted by Gasteiger charge is -2.14. The first kappa shape index (κ1) is 13.0. The molecule has 3 nitrogen and oxygen atoms in total. The Bertz CT molecular complexity index is 208. The van der Waals surface area contributed by atoms with Gasteiger partial charge in [0.15, 0.2) is 0 Å². The molecule has 0 aromatic rings. The smallest absolute Gasteiger partial charge is 0.309 e. The standard InChI is InChI=1S/C11H19BrO3/c1-3-5-15-10-7-8(6-9(10)12)11(13)14-4-2/h8-10H,3-7H2,1-2H3. The third kappa shape index (κ3) is 3.76. The van der Waals surface area contributed by atoms with Gasteiger partial charge in [0, 0.05) is 11.4 Å². The molecular weight excluding hydrogens is 260 g/mol. The summed E-state index contributed by atoms with van der Waals surface area (Å²) in [4.78, 5) is 11.8. The van der Waals surface area contributed by atoms with E-state index in [1.165, 1.54) is 0 Å². The maximum atomic E-state index is 11.5. The van der Waals surface area contributed by atoms with Gasteiger partial charge < -0.3 is 9.47 Å². The number of ether oxygens (including phenoxy) is 2. The number of hydrogen-bond acceptors (Lipinski definition) is 3. The van der Waals surface area contributed by atoms with E-state index >= 15 is 0 Å². The van der Waals surface area contributed by atoms with Crippen molar-refractivity contribution < 1.29 is 14.3 Å². The molecule has 0 aliphatic heterocycles. The Morgan fingerprint density at radius 2 is 2.13 bits per heavy atom. The first-order valence-electron chi connectivity index (χ1n) is 5.61. The number of carbonyl (C=O) groups is 1. The van der Waals surface area contributed by atoms with Gasteiger partial charge in [-0.1, -0.05) is 22.9 Å². The Labute approximate surface area is 99.6 Å². The van der Waals surface area contributed by atoms with Crippen LogP contribution in [-0.4, -0.2) is 30.1 Å². The van der Waals surface area contributed by atoms with E-state index in [1.54, 1.807) is 0 Å². The molecule has 1 aliphatic rings. The second-order valence-electron chi connectivity index (χ2n) is 3.85. The van der Waals surface area contributed by atoms with Gasteiger partial charge >= 0.3 is 5.97 Å². The molecule has 0 saturated heterocycles. The summed E-state index contributed by atoms with van der Waals surface area (Å²) in [6, 6.07) is 0. The van der Waals surface area contributed by atoms with Gasteiger partial charge in [-0.05, 0) is 26.2 Å². The highest BCUT2D eigenvalue weighted by molar-refractivity contribution is 9.09. The molecule has 88 valence electrons. The van der Waals surface area contributed by atoms with Crippen molar-refractivity contribution in [3.63, 3.8) is 0 Å². The lowest BCUT2D eigenvalue weighted by Crippen LogP contribution is -2.19. The van der Waals surface area contributed by atoms with Crippen LogP contribution >= 0.6 is 15.9 Å². The molecule has 0 bridgehead atoms. The zero-order valence-corrected chi connectivity index (χ0v) is 11.0. The minimum Gasteiger partial charge on any atom is -0.466 e. The van der Waals surface area contributed by atoms with E-state index in [4.69, 9.17) is 9.47 Å². The molecule has 0 aromatic heterocycles. The number of rotatable bonds is 5. The molecule has 1 saturated carbocycles. The SMILES string of the molecule is CCCOC1CC(C(=O)OCC)CC1Br. The van der Waals surface area contributed by atoms with Crippen LogP contribution < -0.4 is 0 Å². The zero-order chi connectivity index (χ0) is 11.3. The van der Waals surface area contributed by atoms with Crippen molar-refractivity contribution in [3.05, 3.63) is 0 Å². The van der Waals surface area contributed by atoms with Crippen molar-refractivity contribution in [2.45, 2.75) is 44.0 Å².